The summed E-state index contributed by atoms with van der Waals surface area (Å²) in [5.41, 5.74) is 2.50. The van der Waals surface area contributed by atoms with E-state index < -0.39 is 0 Å². The van der Waals surface area contributed by atoms with Crippen molar-refractivity contribution in [1.82, 2.24) is 4.90 Å². The maximum absolute atomic E-state index is 3.46. The fourth-order valence-corrected chi connectivity index (χ4v) is 2.84. The van der Waals surface area contributed by atoms with E-state index in [2.05, 4.69) is 72.9 Å². The Hall–Kier alpha value is -1.32. The molecule has 1 N–H and O–H groups in total. The van der Waals surface area contributed by atoms with E-state index in [1.165, 1.54) is 16.1 Å². The maximum atomic E-state index is 3.46. The number of hydrogen-bond donors (Lipinski definition) is 1. The molecule has 2 nitrogen and oxygen atoms in total. The van der Waals surface area contributed by atoms with Gasteiger partial charge < -0.3 is 5.32 Å². The van der Waals surface area contributed by atoms with Crippen LogP contribution >= 0.6 is 11.3 Å². The first kappa shape index (κ1) is 14.1. The molecular formula is C16H22N2S. The van der Waals surface area contributed by atoms with Gasteiger partial charge in [0, 0.05) is 29.7 Å². The van der Waals surface area contributed by atoms with E-state index >= 15 is 0 Å². The zero-order chi connectivity index (χ0) is 13.7. The molecular weight excluding hydrogens is 252 g/mol. The lowest BCUT2D eigenvalue weighted by Crippen LogP contribution is -2.27. The molecule has 0 amide bonds. The zero-order valence-electron chi connectivity index (χ0n) is 11.9. The molecule has 3 heteroatoms. The number of hydrogen-bond acceptors (Lipinski definition) is 3. The average molecular weight is 274 g/mol. The number of rotatable bonds is 6. The van der Waals surface area contributed by atoms with Gasteiger partial charge >= 0.3 is 0 Å². The Morgan fingerprint density at radius 2 is 1.95 bits per heavy atom. The van der Waals surface area contributed by atoms with Gasteiger partial charge in [-0.2, -0.15) is 0 Å². The van der Waals surface area contributed by atoms with E-state index in [0.717, 1.165) is 13.1 Å². The zero-order valence-corrected chi connectivity index (χ0v) is 12.7. The number of benzene rings is 1. The van der Waals surface area contributed by atoms with Gasteiger partial charge in [-0.1, -0.05) is 23.8 Å². The second-order valence-electron chi connectivity index (χ2n) is 4.96. The van der Waals surface area contributed by atoms with E-state index in [1.807, 2.05) is 11.3 Å². The Morgan fingerprint density at radius 1 is 1.21 bits per heavy atom. The number of nitrogens with zero attached hydrogens (tertiary/aromatic N) is 1. The second-order valence-corrected chi connectivity index (χ2v) is 5.94. The van der Waals surface area contributed by atoms with Crippen molar-refractivity contribution in [2.75, 3.05) is 25.5 Å². The molecule has 1 unspecified atom stereocenters. The molecule has 19 heavy (non-hydrogen) atoms. The van der Waals surface area contributed by atoms with Gasteiger partial charge in [0.15, 0.2) is 0 Å². The van der Waals surface area contributed by atoms with Crippen LogP contribution in [-0.2, 0) is 0 Å². The minimum absolute atomic E-state index is 0.486. The summed E-state index contributed by atoms with van der Waals surface area (Å²) in [5, 5.41) is 5.61. The number of nitrogens with one attached hydrogen (secondary N) is 1. The summed E-state index contributed by atoms with van der Waals surface area (Å²) in [5.74, 6) is 0. The predicted octanol–water partition coefficient (Wildman–Crippen LogP) is 4.16. The monoisotopic (exact) mass is 274 g/mol. The molecule has 1 heterocycles. The number of likely N-dealkylation sites (N-methyl/N-ethyl adjacent to an activating group) is 1. The molecule has 0 aliphatic carbocycles. The van der Waals surface area contributed by atoms with E-state index in [4.69, 9.17) is 0 Å². The molecule has 0 saturated heterocycles. The first-order chi connectivity index (χ1) is 9.16. The van der Waals surface area contributed by atoms with Crippen LogP contribution in [0.25, 0.3) is 0 Å². The third-order valence-corrected chi connectivity index (χ3v) is 4.50. The Morgan fingerprint density at radius 3 is 2.58 bits per heavy atom. The van der Waals surface area contributed by atoms with Gasteiger partial charge in [-0.15, -0.1) is 11.3 Å². The molecule has 1 atom stereocenters. The summed E-state index contributed by atoms with van der Waals surface area (Å²) in [6, 6.07) is 13.4. The normalized spacial score (nSPS) is 12.6. The lowest BCUT2D eigenvalue weighted by Gasteiger charge is -2.24. The number of thiophene rings is 1. The van der Waals surface area contributed by atoms with Crippen molar-refractivity contribution in [2.45, 2.75) is 19.9 Å². The standard InChI is InChI=1S/C16H22N2S/c1-13-6-8-15(9-7-13)17-10-11-18(3)14(2)16-5-4-12-19-16/h4-9,12,14,17H,10-11H2,1-3H3. The summed E-state index contributed by atoms with van der Waals surface area (Å²) in [4.78, 5) is 3.81. The Kier molecular flexibility index (Phi) is 5.00. The van der Waals surface area contributed by atoms with Gasteiger partial charge in [-0.3, -0.25) is 4.90 Å². The molecule has 0 bridgehead atoms. The van der Waals surface area contributed by atoms with E-state index in [1.54, 1.807) is 0 Å². The van der Waals surface area contributed by atoms with Gasteiger partial charge in [0.05, 0.1) is 0 Å². The van der Waals surface area contributed by atoms with Crippen LogP contribution in [0.3, 0.4) is 0 Å². The summed E-state index contributed by atoms with van der Waals surface area (Å²) in [7, 11) is 2.18. The summed E-state index contributed by atoms with van der Waals surface area (Å²) in [6.07, 6.45) is 0. The quantitative estimate of drug-likeness (QED) is 0.851. The minimum Gasteiger partial charge on any atom is -0.384 e. The Bertz CT molecular complexity index is 476. The SMILES string of the molecule is Cc1ccc(NCCN(C)C(C)c2cccs2)cc1. The molecule has 0 aliphatic heterocycles. The van der Waals surface area contributed by atoms with Crippen LogP contribution in [0.5, 0.6) is 0 Å². The van der Waals surface area contributed by atoms with Crippen LogP contribution in [0.15, 0.2) is 41.8 Å². The van der Waals surface area contributed by atoms with Crippen molar-refractivity contribution in [3.8, 4) is 0 Å². The summed E-state index contributed by atoms with van der Waals surface area (Å²) >= 11 is 1.83. The van der Waals surface area contributed by atoms with Gasteiger partial charge in [0.1, 0.15) is 0 Å². The molecule has 0 aliphatic rings. The van der Waals surface area contributed by atoms with Crippen molar-refractivity contribution >= 4 is 17.0 Å². The fourth-order valence-electron chi connectivity index (χ4n) is 1.99. The van der Waals surface area contributed by atoms with Crippen molar-refractivity contribution < 1.29 is 0 Å². The highest BCUT2D eigenvalue weighted by Crippen LogP contribution is 2.22. The van der Waals surface area contributed by atoms with Crippen LogP contribution in [0.1, 0.15) is 23.4 Å². The average Bonchev–Trinajstić information content (AvgIpc) is 2.94. The predicted molar refractivity (Wildman–Crippen MR) is 85.0 cm³/mol. The van der Waals surface area contributed by atoms with Crippen LogP contribution in [0, 0.1) is 6.92 Å². The van der Waals surface area contributed by atoms with Crippen LogP contribution in [0.2, 0.25) is 0 Å². The lowest BCUT2D eigenvalue weighted by atomic mass is 10.2. The number of anilines is 1. The second kappa shape index (κ2) is 6.73. The molecule has 1 aromatic heterocycles. The third kappa shape index (κ3) is 4.08. The first-order valence-corrected chi connectivity index (χ1v) is 7.59. The van der Waals surface area contributed by atoms with Crippen molar-refractivity contribution in [3.05, 3.63) is 52.2 Å². The Labute approximate surface area is 120 Å². The van der Waals surface area contributed by atoms with Gasteiger partial charge in [-0.25, -0.2) is 0 Å². The molecule has 0 radical (unpaired) electrons. The maximum Gasteiger partial charge on any atom is 0.0411 e. The van der Waals surface area contributed by atoms with Crippen LogP contribution in [0.4, 0.5) is 5.69 Å². The fraction of sp³-hybridized carbons (Fsp3) is 0.375. The largest absolute Gasteiger partial charge is 0.384 e. The van der Waals surface area contributed by atoms with Gasteiger partial charge in [0.25, 0.3) is 0 Å². The highest BCUT2D eigenvalue weighted by atomic mass is 32.1. The van der Waals surface area contributed by atoms with Crippen LogP contribution < -0.4 is 5.32 Å². The van der Waals surface area contributed by atoms with Crippen molar-refractivity contribution in [1.29, 1.82) is 0 Å². The van der Waals surface area contributed by atoms with Crippen molar-refractivity contribution in [2.24, 2.45) is 0 Å². The minimum atomic E-state index is 0.486. The molecule has 0 spiro atoms. The van der Waals surface area contributed by atoms with E-state index in [-0.39, 0.29) is 0 Å². The van der Waals surface area contributed by atoms with E-state index in [0.29, 0.717) is 6.04 Å². The lowest BCUT2D eigenvalue weighted by molar-refractivity contribution is 0.275. The highest BCUT2D eigenvalue weighted by molar-refractivity contribution is 7.10. The highest BCUT2D eigenvalue weighted by Gasteiger charge is 2.11. The number of aryl methyl sites for hydroxylation is 1. The van der Waals surface area contributed by atoms with Crippen molar-refractivity contribution in [3.63, 3.8) is 0 Å². The molecule has 1 aromatic carbocycles. The molecule has 102 valence electrons. The Balaban J connectivity index is 1.77. The van der Waals surface area contributed by atoms with Crippen LogP contribution in [-0.4, -0.2) is 25.0 Å². The molecule has 2 aromatic rings. The van der Waals surface area contributed by atoms with Gasteiger partial charge in [-0.05, 0) is 44.5 Å². The smallest absolute Gasteiger partial charge is 0.0411 e. The molecule has 0 fully saturated rings. The molecule has 2 rings (SSSR count). The first-order valence-electron chi connectivity index (χ1n) is 6.71. The van der Waals surface area contributed by atoms with Gasteiger partial charge in [0.2, 0.25) is 0 Å². The molecule has 0 saturated carbocycles. The van der Waals surface area contributed by atoms with E-state index in [9.17, 15) is 0 Å². The third-order valence-electron chi connectivity index (χ3n) is 3.46. The summed E-state index contributed by atoms with van der Waals surface area (Å²) in [6.45, 7) is 6.38. The summed E-state index contributed by atoms with van der Waals surface area (Å²) < 4.78 is 0. The topological polar surface area (TPSA) is 15.3 Å².